The van der Waals surface area contributed by atoms with Crippen LogP contribution in [0.25, 0.3) is 22.4 Å². The molecule has 3 rings (SSSR count). The Balaban J connectivity index is 2.15. The standard InChI is InChI=1S/C15H12FN3/c1-19-10-14(11-6-8-17-9-7-11)15(18-19)12-2-4-13(16)5-3-12/h2-10H,1H3/p+1. The summed E-state index contributed by atoms with van der Waals surface area (Å²) < 4.78 is 14.9. The molecule has 0 saturated heterocycles. The number of H-pyrrole nitrogens is 1. The molecular formula is C15H13FN3+. The molecule has 3 aromatic rings. The molecule has 1 N–H and O–H groups in total. The molecule has 2 heterocycles. The lowest BCUT2D eigenvalue weighted by Gasteiger charge is -2.00. The molecule has 94 valence electrons. The molecule has 0 saturated carbocycles. The molecule has 19 heavy (non-hydrogen) atoms. The van der Waals surface area contributed by atoms with Gasteiger partial charge < -0.3 is 0 Å². The molecule has 0 radical (unpaired) electrons. The summed E-state index contributed by atoms with van der Waals surface area (Å²) in [7, 11) is 1.93. The fourth-order valence-electron chi connectivity index (χ4n) is 2.11. The lowest BCUT2D eigenvalue weighted by Crippen LogP contribution is -2.28. The van der Waals surface area contributed by atoms with Crippen LogP contribution in [0, 0.1) is 5.82 Å². The number of aryl methyl sites for hydroxylation is 1. The fourth-order valence-corrected chi connectivity index (χ4v) is 2.11. The highest BCUT2D eigenvalue weighted by Gasteiger charge is 2.15. The number of hydrogen-bond donors (Lipinski definition) is 1. The summed E-state index contributed by atoms with van der Waals surface area (Å²) in [6.07, 6.45) is 5.53. The molecule has 2 aromatic heterocycles. The van der Waals surface area contributed by atoms with Gasteiger partial charge in [-0.2, -0.15) is 5.10 Å². The summed E-state index contributed by atoms with van der Waals surface area (Å²) in [5.41, 5.74) is 4.06. The predicted octanol–water partition coefficient (Wildman–Crippen LogP) is 2.71. The van der Waals surface area contributed by atoms with Gasteiger partial charge in [0.1, 0.15) is 11.5 Å². The van der Waals surface area contributed by atoms with Crippen molar-refractivity contribution < 1.29 is 9.07 Å². The minimum atomic E-state index is -0.231. The number of nitrogens with one attached hydrogen (secondary N) is 1. The summed E-state index contributed by atoms with van der Waals surface area (Å²) in [6, 6.07) is 10.4. The van der Waals surface area contributed by atoms with E-state index in [1.54, 1.807) is 24.5 Å². The van der Waals surface area contributed by atoms with Gasteiger partial charge in [0.2, 0.25) is 6.20 Å². The quantitative estimate of drug-likeness (QED) is 0.701. The number of halogens is 1. The van der Waals surface area contributed by atoms with E-state index < -0.39 is 0 Å². The van der Waals surface area contributed by atoms with Crippen LogP contribution in [0.4, 0.5) is 4.39 Å². The van der Waals surface area contributed by atoms with Crippen molar-refractivity contribution in [1.29, 1.82) is 0 Å². The second-order valence-electron chi connectivity index (χ2n) is 4.38. The Hall–Kier alpha value is -2.49. The van der Waals surface area contributed by atoms with E-state index in [1.165, 1.54) is 12.1 Å². The number of benzene rings is 1. The molecule has 0 amide bonds. The van der Waals surface area contributed by atoms with E-state index in [2.05, 4.69) is 10.1 Å². The van der Waals surface area contributed by atoms with Crippen LogP contribution in [0.5, 0.6) is 0 Å². The summed E-state index contributed by atoms with van der Waals surface area (Å²) in [4.78, 5) is 4.03. The topological polar surface area (TPSA) is 32.6 Å². The maximum absolute atomic E-state index is 13.0. The van der Waals surface area contributed by atoms with Gasteiger partial charge in [0.05, 0.1) is 5.56 Å². The second kappa shape index (κ2) is 4.65. The van der Waals surface area contributed by atoms with Gasteiger partial charge in [-0.25, -0.2) is 4.39 Å². The van der Waals surface area contributed by atoms with Gasteiger partial charge in [-0.1, -0.05) is 0 Å². The Morgan fingerprint density at radius 3 is 2.37 bits per heavy atom. The molecule has 0 unspecified atom stereocenters. The monoisotopic (exact) mass is 254 g/mol. The Morgan fingerprint density at radius 2 is 1.68 bits per heavy atom. The van der Waals surface area contributed by atoms with E-state index >= 15 is 0 Å². The van der Waals surface area contributed by atoms with Crippen LogP contribution in [-0.2, 0) is 7.05 Å². The highest BCUT2D eigenvalue weighted by molar-refractivity contribution is 5.79. The first-order valence-electron chi connectivity index (χ1n) is 5.99. The van der Waals surface area contributed by atoms with E-state index in [0.29, 0.717) is 0 Å². The van der Waals surface area contributed by atoms with E-state index in [0.717, 1.165) is 22.4 Å². The third kappa shape index (κ3) is 2.25. The molecule has 3 nitrogen and oxygen atoms in total. The van der Waals surface area contributed by atoms with Gasteiger partial charge in [0.25, 0.3) is 0 Å². The molecule has 4 heteroatoms. The minimum Gasteiger partial charge on any atom is -0.265 e. The van der Waals surface area contributed by atoms with Gasteiger partial charge in [0, 0.05) is 18.0 Å². The van der Waals surface area contributed by atoms with Crippen LogP contribution in [0.15, 0.2) is 55.0 Å². The third-order valence-electron chi connectivity index (χ3n) is 3.00. The summed E-state index contributed by atoms with van der Waals surface area (Å²) >= 11 is 0. The molecule has 0 atom stereocenters. The average Bonchev–Trinajstić information content (AvgIpc) is 2.83. The van der Waals surface area contributed by atoms with E-state index in [4.69, 9.17) is 0 Å². The predicted molar refractivity (Wildman–Crippen MR) is 70.6 cm³/mol. The highest BCUT2D eigenvalue weighted by atomic mass is 19.1. The molecule has 0 aliphatic carbocycles. The first-order valence-corrected chi connectivity index (χ1v) is 5.99. The normalized spacial score (nSPS) is 10.6. The number of pyridine rings is 1. The van der Waals surface area contributed by atoms with Crippen molar-refractivity contribution in [2.45, 2.75) is 0 Å². The van der Waals surface area contributed by atoms with Gasteiger partial charge >= 0.3 is 0 Å². The van der Waals surface area contributed by atoms with Gasteiger partial charge in [-0.05, 0) is 42.0 Å². The zero-order valence-electron chi connectivity index (χ0n) is 10.5. The van der Waals surface area contributed by atoms with Crippen molar-refractivity contribution in [2.75, 3.05) is 0 Å². The lowest BCUT2D eigenvalue weighted by molar-refractivity contribution is -0.725. The molecule has 0 fully saturated rings. The Labute approximate surface area is 110 Å². The van der Waals surface area contributed by atoms with Crippen molar-refractivity contribution >= 4 is 0 Å². The lowest BCUT2D eigenvalue weighted by atomic mass is 10.0. The van der Waals surface area contributed by atoms with Crippen LogP contribution in [0.1, 0.15) is 0 Å². The smallest absolute Gasteiger partial charge is 0.203 e. The fraction of sp³-hybridized carbons (Fsp3) is 0.0667. The Bertz CT molecular complexity index is 687. The first kappa shape index (κ1) is 11.6. The van der Waals surface area contributed by atoms with Crippen LogP contribution in [-0.4, -0.2) is 10.1 Å². The molecule has 0 aliphatic rings. The largest absolute Gasteiger partial charge is 0.265 e. The second-order valence-corrected chi connectivity index (χ2v) is 4.38. The third-order valence-corrected chi connectivity index (χ3v) is 3.00. The van der Waals surface area contributed by atoms with Crippen molar-refractivity contribution in [1.82, 2.24) is 10.1 Å². The van der Waals surface area contributed by atoms with Crippen LogP contribution in [0.2, 0.25) is 0 Å². The Kier molecular flexibility index (Phi) is 2.83. The molecule has 0 aliphatic heterocycles. The number of aromatic nitrogens is 3. The highest BCUT2D eigenvalue weighted by Crippen LogP contribution is 2.28. The van der Waals surface area contributed by atoms with Crippen molar-refractivity contribution in [3.8, 4) is 22.4 Å². The van der Waals surface area contributed by atoms with Gasteiger partial charge in [0.15, 0.2) is 7.05 Å². The summed E-state index contributed by atoms with van der Waals surface area (Å²) in [5, 5.41) is 3.25. The summed E-state index contributed by atoms with van der Waals surface area (Å²) in [6.45, 7) is 0. The van der Waals surface area contributed by atoms with E-state index in [9.17, 15) is 4.39 Å². The first-order chi connectivity index (χ1) is 9.24. The van der Waals surface area contributed by atoms with Gasteiger partial charge in [-0.3, -0.25) is 4.98 Å². The van der Waals surface area contributed by atoms with Crippen molar-refractivity contribution in [2.24, 2.45) is 7.05 Å². The van der Waals surface area contributed by atoms with Crippen LogP contribution >= 0.6 is 0 Å². The summed E-state index contributed by atoms with van der Waals surface area (Å²) in [5.74, 6) is -0.231. The maximum atomic E-state index is 13.0. The van der Waals surface area contributed by atoms with Crippen molar-refractivity contribution in [3.05, 3.63) is 60.8 Å². The molecule has 0 bridgehead atoms. The molecule has 1 aromatic carbocycles. The van der Waals surface area contributed by atoms with Crippen molar-refractivity contribution in [3.63, 3.8) is 0 Å². The van der Waals surface area contributed by atoms with Crippen LogP contribution < -0.4 is 4.68 Å². The van der Waals surface area contributed by atoms with Crippen LogP contribution in [0.3, 0.4) is 0 Å². The zero-order valence-corrected chi connectivity index (χ0v) is 10.5. The van der Waals surface area contributed by atoms with E-state index in [-0.39, 0.29) is 5.82 Å². The number of nitrogens with zero attached hydrogens (tertiary/aromatic N) is 2. The molecular weight excluding hydrogens is 241 g/mol. The minimum absolute atomic E-state index is 0.231. The maximum Gasteiger partial charge on any atom is 0.203 e. The molecule has 0 spiro atoms. The Morgan fingerprint density at radius 1 is 1.00 bits per heavy atom. The SMILES string of the molecule is C[n+]1cc(-c2ccncc2)c(-c2ccc(F)cc2)[nH]1. The number of rotatable bonds is 2. The van der Waals surface area contributed by atoms with E-state index in [1.807, 2.05) is 30.1 Å². The zero-order chi connectivity index (χ0) is 13.2. The number of hydrogen-bond acceptors (Lipinski definition) is 1. The average molecular weight is 254 g/mol. The number of aromatic amines is 1. The van der Waals surface area contributed by atoms with Gasteiger partial charge in [-0.15, -0.1) is 4.68 Å².